The number of carbonyl (C=O) groups excluding carboxylic acids is 2. The van der Waals surface area contributed by atoms with Crippen LogP contribution in [0.1, 0.15) is 38.5 Å². The first-order chi connectivity index (χ1) is 8.67. The number of carbonyl (C=O) groups is 2. The first kappa shape index (κ1) is 14.5. The molecule has 100 valence electrons. The molecule has 5 heteroatoms. The van der Waals surface area contributed by atoms with Crippen molar-refractivity contribution in [2.75, 3.05) is 6.54 Å². The van der Waals surface area contributed by atoms with Crippen molar-refractivity contribution >= 4 is 12.6 Å². The summed E-state index contributed by atoms with van der Waals surface area (Å²) < 4.78 is 0. The zero-order valence-corrected chi connectivity index (χ0v) is 10.4. The maximum Gasteiger partial charge on any atom is 0.207 e. The van der Waals surface area contributed by atoms with Crippen molar-refractivity contribution in [1.29, 1.82) is 0 Å². The second kappa shape index (κ2) is 7.74. The lowest BCUT2D eigenvalue weighted by molar-refractivity contribution is -0.488. The minimum atomic E-state index is -0.327. The molecule has 0 aromatic heterocycles. The maximum absolute atomic E-state index is 10.4. The summed E-state index contributed by atoms with van der Waals surface area (Å²) >= 11 is 0. The predicted octanol–water partition coefficient (Wildman–Crippen LogP) is 2.17. The van der Waals surface area contributed by atoms with Crippen LogP contribution in [0.15, 0.2) is 11.6 Å². The van der Waals surface area contributed by atoms with E-state index in [1.165, 1.54) is 6.42 Å². The monoisotopic (exact) mass is 253 g/mol. The molecular formula is C13H19NO4. The summed E-state index contributed by atoms with van der Waals surface area (Å²) in [5.41, 5.74) is 0.986. The molecule has 0 bridgehead atoms. The molecule has 0 unspecified atom stereocenters. The van der Waals surface area contributed by atoms with Crippen LogP contribution in [0.25, 0.3) is 0 Å². The summed E-state index contributed by atoms with van der Waals surface area (Å²) in [7, 11) is 0. The Labute approximate surface area is 106 Å². The lowest BCUT2D eigenvalue weighted by Crippen LogP contribution is -2.18. The van der Waals surface area contributed by atoms with Gasteiger partial charge in [-0.05, 0) is 37.7 Å². The minimum Gasteiger partial charge on any atom is -0.303 e. The second-order valence-electron chi connectivity index (χ2n) is 4.80. The Morgan fingerprint density at radius 2 is 2.11 bits per heavy atom. The van der Waals surface area contributed by atoms with Crippen LogP contribution in [-0.4, -0.2) is 24.0 Å². The molecule has 18 heavy (non-hydrogen) atoms. The van der Waals surface area contributed by atoms with Crippen LogP contribution in [0.4, 0.5) is 0 Å². The second-order valence-corrected chi connectivity index (χ2v) is 4.80. The van der Waals surface area contributed by atoms with Gasteiger partial charge in [0.2, 0.25) is 6.54 Å². The van der Waals surface area contributed by atoms with E-state index in [1.54, 1.807) is 0 Å². The molecule has 0 aromatic rings. The molecule has 2 rings (SSSR count). The van der Waals surface area contributed by atoms with Crippen molar-refractivity contribution in [1.82, 2.24) is 0 Å². The summed E-state index contributed by atoms with van der Waals surface area (Å²) in [6.07, 6.45) is 9.74. The zero-order chi connectivity index (χ0) is 13.4. The van der Waals surface area contributed by atoms with Crippen LogP contribution in [-0.2, 0) is 9.59 Å². The van der Waals surface area contributed by atoms with Gasteiger partial charge in [-0.1, -0.05) is 12.5 Å². The fourth-order valence-electron chi connectivity index (χ4n) is 2.47. The van der Waals surface area contributed by atoms with Crippen LogP contribution in [0.3, 0.4) is 0 Å². The molecule has 1 fully saturated rings. The minimum absolute atomic E-state index is 0.00231. The molecule has 0 spiro atoms. The SMILES string of the molecule is O=CC1=CCCC1.O=C[C@@H]1CCC[C@H]1C[N+](=O)[O-]. The van der Waals surface area contributed by atoms with Gasteiger partial charge in [0.25, 0.3) is 0 Å². The van der Waals surface area contributed by atoms with Crippen LogP contribution < -0.4 is 0 Å². The van der Waals surface area contributed by atoms with Crippen molar-refractivity contribution in [3.05, 3.63) is 21.8 Å². The van der Waals surface area contributed by atoms with Gasteiger partial charge in [-0.2, -0.15) is 0 Å². The summed E-state index contributed by atoms with van der Waals surface area (Å²) in [6, 6.07) is 0. The zero-order valence-electron chi connectivity index (χ0n) is 10.4. The van der Waals surface area contributed by atoms with Gasteiger partial charge >= 0.3 is 0 Å². The van der Waals surface area contributed by atoms with Gasteiger partial charge in [-0.3, -0.25) is 14.9 Å². The number of nitro groups is 1. The molecule has 5 nitrogen and oxygen atoms in total. The third-order valence-electron chi connectivity index (χ3n) is 3.50. The highest BCUT2D eigenvalue weighted by Gasteiger charge is 2.30. The third kappa shape index (κ3) is 4.77. The van der Waals surface area contributed by atoms with Crippen LogP contribution >= 0.6 is 0 Å². The molecule has 1 saturated carbocycles. The molecule has 0 N–H and O–H groups in total. The molecule has 0 amide bonds. The van der Waals surface area contributed by atoms with Crippen LogP contribution in [0, 0.1) is 22.0 Å². The first-order valence-electron chi connectivity index (χ1n) is 6.38. The smallest absolute Gasteiger partial charge is 0.207 e. The Kier molecular flexibility index (Phi) is 6.25. The lowest BCUT2D eigenvalue weighted by Gasteiger charge is -2.07. The van der Waals surface area contributed by atoms with E-state index in [2.05, 4.69) is 0 Å². The van der Waals surface area contributed by atoms with Crippen molar-refractivity contribution in [3.8, 4) is 0 Å². The molecule has 0 aliphatic heterocycles. The van der Waals surface area contributed by atoms with Gasteiger partial charge in [-0.25, -0.2) is 0 Å². The average molecular weight is 253 g/mol. The molecule has 0 aromatic carbocycles. The number of hydrogen-bond donors (Lipinski definition) is 0. The summed E-state index contributed by atoms with van der Waals surface area (Å²) in [5.74, 6) is -0.0529. The molecule has 0 radical (unpaired) electrons. The van der Waals surface area contributed by atoms with Gasteiger partial charge in [-0.15, -0.1) is 0 Å². The largest absolute Gasteiger partial charge is 0.303 e. The van der Waals surface area contributed by atoms with E-state index in [4.69, 9.17) is 0 Å². The Morgan fingerprint density at radius 3 is 2.56 bits per heavy atom. The van der Waals surface area contributed by atoms with Gasteiger partial charge in [0.05, 0.1) is 0 Å². The summed E-state index contributed by atoms with van der Waals surface area (Å²) in [6.45, 7) is -0.0383. The van der Waals surface area contributed by atoms with Crippen molar-refractivity contribution in [3.63, 3.8) is 0 Å². The number of allylic oxidation sites excluding steroid dienone is 2. The maximum atomic E-state index is 10.4. The third-order valence-corrected chi connectivity index (χ3v) is 3.50. The average Bonchev–Trinajstić information content (AvgIpc) is 2.98. The number of rotatable bonds is 4. The predicted molar refractivity (Wildman–Crippen MR) is 66.8 cm³/mol. The van der Waals surface area contributed by atoms with Crippen molar-refractivity contribution in [2.24, 2.45) is 11.8 Å². The van der Waals surface area contributed by atoms with Gasteiger partial charge < -0.3 is 4.79 Å². The molecular weight excluding hydrogens is 234 g/mol. The van der Waals surface area contributed by atoms with E-state index in [0.29, 0.717) is 0 Å². The summed E-state index contributed by atoms with van der Waals surface area (Å²) in [5, 5.41) is 10.1. The highest BCUT2D eigenvalue weighted by molar-refractivity contribution is 5.73. The number of hydrogen-bond acceptors (Lipinski definition) is 4. The summed E-state index contributed by atoms with van der Waals surface area (Å²) in [4.78, 5) is 30.1. The van der Waals surface area contributed by atoms with E-state index < -0.39 is 0 Å². The van der Waals surface area contributed by atoms with E-state index in [9.17, 15) is 19.7 Å². The van der Waals surface area contributed by atoms with Crippen LogP contribution in [0.2, 0.25) is 0 Å². The fourth-order valence-corrected chi connectivity index (χ4v) is 2.47. The fraction of sp³-hybridized carbons (Fsp3) is 0.692. The molecule has 2 aliphatic rings. The Morgan fingerprint density at radius 1 is 1.33 bits per heavy atom. The van der Waals surface area contributed by atoms with E-state index in [0.717, 1.165) is 50.2 Å². The number of nitrogens with zero attached hydrogens (tertiary/aromatic N) is 1. The lowest BCUT2D eigenvalue weighted by atomic mass is 9.98. The quantitative estimate of drug-likeness (QED) is 0.437. The molecule has 0 heterocycles. The van der Waals surface area contributed by atoms with E-state index in [-0.39, 0.29) is 23.3 Å². The Hall–Kier alpha value is -1.52. The standard InChI is InChI=1S/C7H11NO3.C6H8O/c9-5-7-3-1-2-6(7)4-8(10)11;7-5-6-3-1-2-4-6/h5-7H,1-4H2;3,5H,1-2,4H2/t6-,7-;/m0./s1. The molecule has 0 saturated heterocycles. The van der Waals surface area contributed by atoms with Crippen molar-refractivity contribution in [2.45, 2.75) is 38.5 Å². The van der Waals surface area contributed by atoms with Gasteiger partial charge in [0, 0.05) is 16.8 Å². The van der Waals surface area contributed by atoms with Crippen molar-refractivity contribution < 1.29 is 14.5 Å². The molecule has 2 atom stereocenters. The van der Waals surface area contributed by atoms with Crippen LogP contribution in [0.5, 0.6) is 0 Å². The van der Waals surface area contributed by atoms with Gasteiger partial charge in [0.1, 0.15) is 12.6 Å². The Balaban J connectivity index is 0.000000199. The van der Waals surface area contributed by atoms with Gasteiger partial charge in [0.15, 0.2) is 0 Å². The van der Waals surface area contributed by atoms with E-state index >= 15 is 0 Å². The Bertz CT molecular complexity index is 338. The normalized spacial score (nSPS) is 25.9. The highest BCUT2D eigenvalue weighted by Crippen LogP contribution is 2.29. The molecule has 2 aliphatic carbocycles. The first-order valence-corrected chi connectivity index (χ1v) is 6.38. The van der Waals surface area contributed by atoms with E-state index in [1.807, 2.05) is 6.08 Å². The number of aldehydes is 2. The topological polar surface area (TPSA) is 77.3 Å². The highest BCUT2D eigenvalue weighted by atomic mass is 16.6.